The molecule has 5 nitrogen and oxygen atoms in total. The minimum absolute atomic E-state index is 0.273. The molecule has 2 rings (SSSR count). The van der Waals surface area contributed by atoms with Crippen LogP contribution in [-0.4, -0.2) is 35.4 Å². The van der Waals surface area contributed by atoms with Gasteiger partial charge in [0.05, 0.1) is 11.9 Å². The van der Waals surface area contributed by atoms with Gasteiger partial charge in [-0.25, -0.2) is 4.98 Å². The van der Waals surface area contributed by atoms with Crippen LogP contribution in [0.2, 0.25) is 0 Å². The Balaban J connectivity index is 1.68. The van der Waals surface area contributed by atoms with Crippen LogP contribution in [0.15, 0.2) is 18.3 Å². The van der Waals surface area contributed by atoms with Crippen LogP contribution in [0.1, 0.15) is 25.0 Å². The number of hydrogen-bond acceptors (Lipinski definition) is 4. The molecule has 0 aliphatic carbocycles. The zero-order valence-electron chi connectivity index (χ0n) is 10.2. The van der Waals surface area contributed by atoms with Gasteiger partial charge >= 0.3 is 0 Å². The molecule has 0 atom stereocenters. The van der Waals surface area contributed by atoms with Gasteiger partial charge in [-0.2, -0.15) is 5.26 Å². The molecule has 18 heavy (non-hydrogen) atoms. The van der Waals surface area contributed by atoms with Crippen LogP contribution in [-0.2, 0) is 4.79 Å². The Morgan fingerprint density at radius 1 is 1.50 bits per heavy atom. The molecule has 1 saturated heterocycles. The van der Waals surface area contributed by atoms with E-state index in [1.54, 1.807) is 12.3 Å². The molecule has 2 heterocycles. The maximum Gasteiger partial charge on any atom is 0.222 e. The maximum absolute atomic E-state index is 11.4. The quantitative estimate of drug-likeness (QED) is 0.794. The zero-order chi connectivity index (χ0) is 12.8. The molecule has 1 fully saturated rings. The lowest BCUT2D eigenvalue weighted by atomic mass is 10.3. The Morgan fingerprint density at radius 3 is 3.00 bits per heavy atom. The lowest BCUT2D eigenvalue weighted by Gasteiger charge is -2.15. The summed E-state index contributed by atoms with van der Waals surface area (Å²) < 4.78 is 0. The maximum atomic E-state index is 11.4. The number of nitrogens with one attached hydrogen (secondary N) is 1. The molecule has 1 aromatic rings. The van der Waals surface area contributed by atoms with E-state index in [0.29, 0.717) is 12.1 Å². The first-order valence-corrected chi connectivity index (χ1v) is 6.17. The first-order chi connectivity index (χ1) is 8.79. The van der Waals surface area contributed by atoms with E-state index in [-0.39, 0.29) is 5.91 Å². The third-order valence-corrected chi connectivity index (χ3v) is 2.98. The number of anilines is 1. The summed E-state index contributed by atoms with van der Waals surface area (Å²) in [4.78, 5) is 17.3. The van der Waals surface area contributed by atoms with E-state index in [0.717, 1.165) is 38.2 Å². The van der Waals surface area contributed by atoms with Gasteiger partial charge in [0.25, 0.3) is 0 Å². The molecule has 5 heteroatoms. The van der Waals surface area contributed by atoms with Crippen molar-refractivity contribution in [3.8, 4) is 6.07 Å². The molecule has 0 bridgehead atoms. The minimum atomic E-state index is 0.273. The highest BCUT2D eigenvalue weighted by Gasteiger charge is 2.18. The number of nitrogens with zero attached hydrogens (tertiary/aromatic N) is 3. The number of nitriles is 1. The van der Waals surface area contributed by atoms with Crippen LogP contribution in [0, 0.1) is 11.3 Å². The average molecular weight is 244 g/mol. The van der Waals surface area contributed by atoms with E-state index in [9.17, 15) is 4.79 Å². The summed E-state index contributed by atoms with van der Waals surface area (Å²) in [5, 5.41) is 11.8. The van der Waals surface area contributed by atoms with Gasteiger partial charge < -0.3 is 10.2 Å². The summed E-state index contributed by atoms with van der Waals surface area (Å²) >= 11 is 0. The lowest BCUT2D eigenvalue weighted by molar-refractivity contribution is -0.127. The van der Waals surface area contributed by atoms with E-state index in [1.165, 1.54) is 0 Å². The fraction of sp³-hybridized carbons (Fsp3) is 0.462. The first-order valence-electron chi connectivity index (χ1n) is 6.17. The fourth-order valence-electron chi connectivity index (χ4n) is 2.01. The van der Waals surface area contributed by atoms with Crippen molar-refractivity contribution in [1.82, 2.24) is 9.88 Å². The minimum Gasteiger partial charge on any atom is -0.384 e. The van der Waals surface area contributed by atoms with Crippen LogP contribution in [0.3, 0.4) is 0 Å². The predicted octanol–water partition coefficient (Wildman–Crippen LogP) is 1.38. The van der Waals surface area contributed by atoms with Gasteiger partial charge in [0.2, 0.25) is 5.91 Å². The molecule has 0 aromatic carbocycles. The average Bonchev–Trinajstić information content (AvgIpc) is 2.81. The van der Waals surface area contributed by atoms with Crippen LogP contribution >= 0.6 is 0 Å². The Morgan fingerprint density at radius 2 is 2.39 bits per heavy atom. The van der Waals surface area contributed by atoms with Crippen molar-refractivity contribution >= 4 is 11.6 Å². The first kappa shape index (κ1) is 12.4. The van der Waals surface area contributed by atoms with Crippen molar-refractivity contribution in [2.75, 3.05) is 25.0 Å². The lowest BCUT2D eigenvalue weighted by Crippen LogP contribution is -2.26. The molecule has 1 N–H and O–H groups in total. The van der Waals surface area contributed by atoms with Crippen LogP contribution in [0.25, 0.3) is 0 Å². The summed E-state index contributed by atoms with van der Waals surface area (Å²) in [5.41, 5.74) is 1.32. The van der Waals surface area contributed by atoms with Gasteiger partial charge in [-0.3, -0.25) is 4.79 Å². The summed E-state index contributed by atoms with van der Waals surface area (Å²) in [6.07, 6.45) is 4.27. The molecule has 1 aliphatic heterocycles. The van der Waals surface area contributed by atoms with Gasteiger partial charge in [-0.1, -0.05) is 0 Å². The largest absolute Gasteiger partial charge is 0.384 e. The molecule has 0 saturated carbocycles. The van der Waals surface area contributed by atoms with Crippen LogP contribution < -0.4 is 5.32 Å². The predicted molar refractivity (Wildman–Crippen MR) is 67.9 cm³/mol. The number of amides is 1. The van der Waals surface area contributed by atoms with E-state index < -0.39 is 0 Å². The monoisotopic (exact) mass is 244 g/mol. The second kappa shape index (κ2) is 6.01. The van der Waals surface area contributed by atoms with E-state index in [2.05, 4.69) is 10.3 Å². The van der Waals surface area contributed by atoms with Crippen molar-refractivity contribution in [3.63, 3.8) is 0 Å². The Hall–Kier alpha value is -2.09. The highest BCUT2D eigenvalue weighted by Crippen LogP contribution is 2.10. The van der Waals surface area contributed by atoms with E-state index >= 15 is 0 Å². The van der Waals surface area contributed by atoms with Crippen molar-refractivity contribution in [2.24, 2.45) is 0 Å². The Labute approximate surface area is 106 Å². The van der Waals surface area contributed by atoms with E-state index in [1.807, 2.05) is 17.0 Å². The number of pyridine rings is 1. The number of likely N-dealkylation sites (tertiary alicyclic amines) is 1. The number of carbonyl (C=O) groups excluding carboxylic acids is 1. The smallest absolute Gasteiger partial charge is 0.222 e. The Bertz CT molecular complexity index is 449. The Kier molecular flexibility index (Phi) is 4.13. The molecule has 0 unspecified atom stereocenters. The second-order valence-corrected chi connectivity index (χ2v) is 4.31. The molecular weight excluding hydrogens is 228 g/mol. The molecule has 1 aliphatic rings. The molecule has 94 valence electrons. The number of hydrogen-bond donors (Lipinski definition) is 1. The third-order valence-electron chi connectivity index (χ3n) is 2.98. The van der Waals surface area contributed by atoms with Gasteiger partial charge in [0, 0.05) is 26.1 Å². The number of aromatic nitrogens is 1. The molecular formula is C13H16N4O. The third kappa shape index (κ3) is 3.20. The van der Waals surface area contributed by atoms with Crippen molar-refractivity contribution < 1.29 is 4.79 Å². The van der Waals surface area contributed by atoms with Gasteiger partial charge in [0.1, 0.15) is 11.8 Å². The van der Waals surface area contributed by atoms with Crippen LogP contribution in [0.5, 0.6) is 0 Å². The summed E-state index contributed by atoms with van der Waals surface area (Å²) in [6, 6.07) is 5.51. The molecule has 1 amide bonds. The van der Waals surface area contributed by atoms with Gasteiger partial charge in [-0.05, 0) is 25.0 Å². The SMILES string of the molecule is N#Cc1ccc(NCCCN2CCCC2=O)cn1. The van der Waals surface area contributed by atoms with Gasteiger partial charge in [0.15, 0.2) is 0 Å². The van der Waals surface area contributed by atoms with Crippen LogP contribution in [0.4, 0.5) is 5.69 Å². The standard InChI is InChI=1S/C13H16N4O/c14-9-11-4-5-12(10-16-11)15-6-2-8-17-7-1-3-13(17)18/h4-5,10,15H,1-3,6-8H2. The molecule has 1 aromatic heterocycles. The summed E-state index contributed by atoms with van der Waals surface area (Å²) in [6.45, 7) is 2.52. The normalized spacial score (nSPS) is 14.6. The van der Waals surface area contributed by atoms with Gasteiger partial charge in [-0.15, -0.1) is 0 Å². The summed E-state index contributed by atoms with van der Waals surface area (Å²) in [5.74, 6) is 0.273. The summed E-state index contributed by atoms with van der Waals surface area (Å²) in [7, 11) is 0. The molecule has 0 spiro atoms. The highest BCUT2D eigenvalue weighted by molar-refractivity contribution is 5.77. The van der Waals surface area contributed by atoms with Crippen molar-refractivity contribution in [1.29, 1.82) is 5.26 Å². The fourth-order valence-corrected chi connectivity index (χ4v) is 2.01. The van der Waals surface area contributed by atoms with Crippen molar-refractivity contribution in [3.05, 3.63) is 24.0 Å². The highest BCUT2D eigenvalue weighted by atomic mass is 16.2. The molecule has 0 radical (unpaired) electrons. The second-order valence-electron chi connectivity index (χ2n) is 4.31. The number of rotatable bonds is 5. The van der Waals surface area contributed by atoms with E-state index in [4.69, 9.17) is 5.26 Å². The van der Waals surface area contributed by atoms with Crippen molar-refractivity contribution in [2.45, 2.75) is 19.3 Å². The topological polar surface area (TPSA) is 69.0 Å². The number of carbonyl (C=O) groups is 1. The zero-order valence-corrected chi connectivity index (χ0v) is 10.2.